The molecule has 1 unspecified atom stereocenters. The molecule has 4 heteroatoms. The molecule has 0 spiro atoms. The van der Waals surface area contributed by atoms with E-state index in [1.807, 2.05) is 13.8 Å². The maximum Gasteiger partial charge on any atom is 0.130 e. The van der Waals surface area contributed by atoms with Gasteiger partial charge in [-0.3, -0.25) is 0 Å². The van der Waals surface area contributed by atoms with Crippen LogP contribution in [0.5, 0.6) is 0 Å². The van der Waals surface area contributed by atoms with Crippen LogP contribution < -0.4 is 5.73 Å². The molecule has 76 valence electrons. The maximum absolute atomic E-state index is 13.2. The first-order valence-corrected chi connectivity index (χ1v) is 4.43. The topological polar surface area (TPSA) is 51.8 Å². The number of aromatic nitrogens is 2. The van der Waals surface area contributed by atoms with Crippen LogP contribution in [0.15, 0.2) is 24.9 Å². The Bertz CT molecular complexity index is 336. The largest absolute Gasteiger partial charge is 0.383 e. The second-order valence-corrected chi connectivity index (χ2v) is 3.53. The molecule has 1 heterocycles. The summed E-state index contributed by atoms with van der Waals surface area (Å²) in [5.41, 5.74) is 6.24. The zero-order chi connectivity index (χ0) is 10.7. The number of nitrogens with zero attached hydrogens (tertiary/aromatic N) is 2. The quantitative estimate of drug-likeness (QED) is 0.805. The first-order chi connectivity index (χ1) is 6.54. The Hall–Kier alpha value is -1.45. The van der Waals surface area contributed by atoms with Crippen LogP contribution in [0.3, 0.4) is 0 Å². The van der Waals surface area contributed by atoms with Crippen LogP contribution in [-0.2, 0) is 0 Å². The van der Waals surface area contributed by atoms with Gasteiger partial charge in [-0.15, -0.1) is 0 Å². The van der Waals surface area contributed by atoms with Crippen LogP contribution in [0.25, 0.3) is 0 Å². The number of nitrogen functional groups attached to an aromatic ring is 1. The molecule has 3 nitrogen and oxygen atoms in total. The molecule has 1 aromatic rings. The summed E-state index contributed by atoms with van der Waals surface area (Å²) < 4.78 is 13.2. The highest BCUT2D eigenvalue weighted by Gasteiger charge is 2.22. The fourth-order valence-corrected chi connectivity index (χ4v) is 1.48. The van der Waals surface area contributed by atoms with Gasteiger partial charge in [0.25, 0.3) is 0 Å². The monoisotopic (exact) mass is 195 g/mol. The third kappa shape index (κ3) is 2.07. The predicted molar refractivity (Wildman–Crippen MR) is 54.3 cm³/mol. The van der Waals surface area contributed by atoms with E-state index < -0.39 is 11.7 Å². The molecule has 0 aliphatic rings. The van der Waals surface area contributed by atoms with Crippen molar-refractivity contribution < 1.29 is 4.39 Å². The molecule has 0 radical (unpaired) electrons. The van der Waals surface area contributed by atoms with Gasteiger partial charge in [0.15, 0.2) is 0 Å². The van der Waals surface area contributed by atoms with Gasteiger partial charge in [-0.2, -0.15) is 0 Å². The second kappa shape index (κ2) is 4.17. The third-order valence-corrected chi connectivity index (χ3v) is 2.11. The van der Waals surface area contributed by atoms with Gasteiger partial charge < -0.3 is 5.73 Å². The first-order valence-electron chi connectivity index (χ1n) is 4.43. The van der Waals surface area contributed by atoms with Crippen LogP contribution in [0.2, 0.25) is 0 Å². The summed E-state index contributed by atoms with van der Waals surface area (Å²) in [7, 11) is 0. The first kappa shape index (κ1) is 10.6. The van der Waals surface area contributed by atoms with Crippen molar-refractivity contribution in [2.75, 3.05) is 5.73 Å². The number of allylic oxidation sites excluding steroid dienone is 1. The van der Waals surface area contributed by atoms with E-state index in [4.69, 9.17) is 5.73 Å². The van der Waals surface area contributed by atoms with Crippen molar-refractivity contribution in [1.82, 2.24) is 9.97 Å². The lowest BCUT2D eigenvalue weighted by Gasteiger charge is -2.19. The molecule has 0 fully saturated rings. The summed E-state index contributed by atoms with van der Waals surface area (Å²) in [6.07, 6.45) is 2.88. The van der Waals surface area contributed by atoms with Crippen molar-refractivity contribution in [3.8, 4) is 0 Å². The molecule has 1 rings (SSSR count). The van der Waals surface area contributed by atoms with E-state index in [1.54, 1.807) is 0 Å². The van der Waals surface area contributed by atoms with Crippen molar-refractivity contribution in [2.45, 2.75) is 19.8 Å². The van der Waals surface area contributed by atoms with Gasteiger partial charge in [0.05, 0.1) is 0 Å². The van der Waals surface area contributed by atoms with Crippen molar-refractivity contribution in [1.29, 1.82) is 0 Å². The van der Waals surface area contributed by atoms with Gasteiger partial charge in [-0.25, -0.2) is 14.4 Å². The standard InChI is InChI=1S/C10H14FN3/c1-6(2)9(7(3)11)8-4-13-5-14-10(8)12/h4-6,9H,3H2,1-2H3,(H2,12,13,14). The maximum atomic E-state index is 13.2. The summed E-state index contributed by atoms with van der Waals surface area (Å²) in [5.74, 6) is -0.420. The Morgan fingerprint density at radius 1 is 1.57 bits per heavy atom. The zero-order valence-electron chi connectivity index (χ0n) is 8.37. The van der Waals surface area contributed by atoms with E-state index in [1.165, 1.54) is 12.5 Å². The molecular weight excluding hydrogens is 181 g/mol. The molecule has 14 heavy (non-hydrogen) atoms. The van der Waals surface area contributed by atoms with E-state index in [-0.39, 0.29) is 5.92 Å². The highest BCUT2D eigenvalue weighted by atomic mass is 19.1. The number of halogens is 1. The Morgan fingerprint density at radius 2 is 2.21 bits per heavy atom. The molecule has 1 atom stereocenters. The van der Waals surface area contributed by atoms with E-state index >= 15 is 0 Å². The van der Waals surface area contributed by atoms with E-state index in [0.717, 1.165) is 0 Å². The normalized spacial score (nSPS) is 12.9. The molecule has 0 saturated carbocycles. The minimum atomic E-state index is -0.420. The second-order valence-electron chi connectivity index (χ2n) is 3.53. The highest BCUT2D eigenvalue weighted by Crippen LogP contribution is 2.33. The van der Waals surface area contributed by atoms with Crippen LogP contribution in [0.4, 0.5) is 10.2 Å². The number of nitrogens with two attached hydrogens (primary N) is 1. The van der Waals surface area contributed by atoms with E-state index in [2.05, 4.69) is 16.5 Å². The van der Waals surface area contributed by atoms with Crippen molar-refractivity contribution in [3.05, 3.63) is 30.5 Å². The van der Waals surface area contributed by atoms with Gasteiger partial charge in [0, 0.05) is 17.7 Å². The Labute approximate surface area is 82.9 Å². The van der Waals surface area contributed by atoms with Crippen LogP contribution in [-0.4, -0.2) is 9.97 Å². The molecule has 0 saturated heterocycles. The van der Waals surface area contributed by atoms with Gasteiger partial charge in [-0.1, -0.05) is 20.4 Å². The Kier molecular flexibility index (Phi) is 3.17. The van der Waals surface area contributed by atoms with Crippen molar-refractivity contribution in [2.24, 2.45) is 5.92 Å². The number of anilines is 1. The molecule has 0 aromatic carbocycles. The third-order valence-electron chi connectivity index (χ3n) is 2.11. The van der Waals surface area contributed by atoms with E-state index in [9.17, 15) is 4.39 Å². The summed E-state index contributed by atoms with van der Waals surface area (Å²) >= 11 is 0. The fraction of sp³-hybridized carbons (Fsp3) is 0.400. The predicted octanol–water partition coefficient (Wildman–Crippen LogP) is 2.28. The average molecular weight is 195 g/mol. The van der Waals surface area contributed by atoms with Gasteiger partial charge >= 0.3 is 0 Å². The molecule has 1 aromatic heterocycles. The minimum absolute atomic E-state index is 0.0841. The average Bonchev–Trinajstić information content (AvgIpc) is 2.07. The summed E-state index contributed by atoms with van der Waals surface area (Å²) in [6.45, 7) is 7.13. The van der Waals surface area contributed by atoms with Crippen molar-refractivity contribution >= 4 is 5.82 Å². The summed E-state index contributed by atoms with van der Waals surface area (Å²) in [5, 5.41) is 0. The number of hydrogen-bond donors (Lipinski definition) is 1. The van der Waals surface area contributed by atoms with Gasteiger partial charge in [0.1, 0.15) is 18.0 Å². The minimum Gasteiger partial charge on any atom is -0.383 e. The Morgan fingerprint density at radius 3 is 2.64 bits per heavy atom. The SMILES string of the molecule is C=C(F)C(c1cncnc1N)C(C)C. The lowest BCUT2D eigenvalue weighted by molar-refractivity contribution is 0.456. The summed E-state index contributed by atoms with van der Waals surface area (Å²) in [4.78, 5) is 7.66. The number of rotatable bonds is 3. The molecule has 0 amide bonds. The van der Waals surface area contributed by atoms with Crippen LogP contribution in [0, 0.1) is 5.92 Å². The Balaban J connectivity index is 3.12. The lowest BCUT2D eigenvalue weighted by atomic mass is 9.89. The van der Waals surface area contributed by atoms with Gasteiger partial charge in [0.2, 0.25) is 0 Å². The molecule has 2 N–H and O–H groups in total. The van der Waals surface area contributed by atoms with Crippen LogP contribution in [0.1, 0.15) is 25.3 Å². The number of hydrogen-bond acceptors (Lipinski definition) is 3. The molecule has 0 aliphatic carbocycles. The van der Waals surface area contributed by atoms with E-state index in [0.29, 0.717) is 11.4 Å². The fourth-order valence-electron chi connectivity index (χ4n) is 1.48. The lowest BCUT2D eigenvalue weighted by Crippen LogP contribution is -2.11. The van der Waals surface area contributed by atoms with Crippen molar-refractivity contribution in [3.63, 3.8) is 0 Å². The molecule has 0 aliphatic heterocycles. The van der Waals surface area contributed by atoms with Gasteiger partial charge in [-0.05, 0) is 5.92 Å². The zero-order valence-corrected chi connectivity index (χ0v) is 8.37. The highest BCUT2D eigenvalue weighted by molar-refractivity contribution is 5.42. The molecule has 0 bridgehead atoms. The summed E-state index contributed by atoms with van der Waals surface area (Å²) in [6, 6.07) is 0. The molecular formula is C10H14FN3. The smallest absolute Gasteiger partial charge is 0.130 e. The van der Waals surface area contributed by atoms with Crippen LogP contribution >= 0.6 is 0 Å².